The standard InChI is InChI=1S/C9H15N5OS/c1-15-7-8(13-10)11-6-12-9(7)14-2-4-16-5-3-14/h6H,2-5,10H2,1H3,(H,11,12,13). The maximum absolute atomic E-state index is 5.38. The summed E-state index contributed by atoms with van der Waals surface area (Å²) in [7, 11) is 1.60. The summed E-state index contributed by atoms with van der Waals surface area (Å²) in [5.41, 5.74) is 2.52. The second-order valence-electron chi connectivity index (χ2n) is 3.32. The van der Waals surface area contributed by atoms with Gasteiger partial charge in [-0.25, -0.2) is 15.8 Å². The minimum atomic E-state index is 0.519. The highest BCUT2D eigenvalue weighted by Crippen LogP contribution is 2.32. The number of hydrogen-bond donors (Lipinski definition) is 2. The van der Waals surface area contributed by atoms with Crippen LogP contribution < -0.4 is 20.9 Å². The van der Waals surface area contributed by atoms with Gasteiger partial charge in [-0.1, -0.05) is 0 Å². The minimum Gasteiger partial charge on any atom is -0.490 e. The minimum absolute atomic E-state index is 0.519. The average Bonchev–Trinajstić information content (AvgIpc) is 2.38. The molecular formula is C9H15N5OS. The van der Waals surface area contributed by atoms with E-state index in [0.29, 0.717) is 11.6 Å². The molecule has 0 radical (unpaired) electrons. The van der Waals surface area contributed by atoms with Crippen LogP contribution in [0.15, 0.2) is 6.33 Å². The lowest BCUT2D eigenvalue weighted by Crippen LogP contribution is -2.33. The lowest BCUT2D eigenvalue weighted by atomic mass is 10.4. The Morgan fingerprint density at radius 3 is 2.81 bits per heavy atom. The van der Waals surface area contributed by atoms with Gasteiger partial charge in [-0.3, -0.25) is 0 Å². The molecule has 0 spiro atoms. The number of ether oxygens (including phenoxy) is 1. The first-order valence-corrected chi connectivity index (χ1v) is 6.20. The van der Waals surface area contributed by atoms with Crippen LogP contribution >= 0.6 is 11.8 Å². The SMILES string of the molecule is COc1c(NN)ncnc1N1CCSCC1. The maximum Gasteiger partial charge on any atom is 0.205 e. The highest BCUT2D eigenvalue weighted by Gasteiger charge is 2.19. The predicted molar refractivity (Wildman–Crippen MR) is 65.9 cm³/mol. The lowest BCUT2D eigenvalue weighted by Gasteiger charge is -2.28. The molecule has 1 aromatic heterocycles. The summed E-state index contributed by atoms with van der Waals surface area (Å²) >= 11 is 1.95. The third kappa shape index (κ3) is 2.14. The molecule has 88 valence electrons. The van der Waals surface area contributed by atoms with Crippen LogP contribution in [0.4, 0.5) is 11.6 Å². The van der Waals surface area contributed by atoms with Gasteiger partial charge >= 0.3 is 0 Å². The van der Waals surface area contributed by atoms with E-state index in [9.17, 15) is 0 Å². The van der Waals surface area contributed by atoms with Crippen molar-refractivity contribution in [1.82, 2.24) is 9.97 Å². The van der Waals surface area contributed by atoms with E-state index in [0.717, 1.165) is 30.4 Å². The number of rotatable bonds is 3. The summed E-state index contributed by atoms with van der Waals surface area (Å²) in [5.74, 6) is 9.54. The smallest absolute Gasteiger partial charge is 0.205 e. The fourth-order valence-electron chi connectivity index (χ4n) is 1.66. The van der Waals surface area contributed by atoms with Crippen molar-refractivity contribution < 1.29 is 4.74 Å². The van der Waals surface area contributed by atoms with Crippen LogP contribution in [0.25, 0.3) is 0 Å². The molecule has 1 saturated heterocycles. The molecule has 6 nitrogen and oxygen atoms in total. The van der Waals surface area contributed by atoms with E-state index in [1.807, 2.05) is 11.8 Å². The number of aromatic nitrogens is 2. The molecule has 0 aromatic carbocycles. The molecule has 7 heteroatoms. The number of anilines is 2. The van der Waals surface area contributed by atoms with Gasteiger partial charge in [0.25, 0.3) is 0 Å². The van der Waals surface area contributed by atoms with E-state index in [-0.39, 0.29) is 0 Å². The van der Waals surface area contributed by atoms with Crippen molar-refractivity contribution in [2.45, 2.75) is 0 Å². The number of methoxy groups -OCH3 is 1. The van der Waals surface area contributed by atoms with Crippen molar-refractivity contribution in [3.05, 3.63) is 6.33 Å². The van der Waals surface area contributed by atoms with E-state index in [4.69, 9.17) is 10.6 Å². The van der Waals surface area contributed by atoms with Crippen LogP contribution in [0.2, 0.25) is 0 Å². The summed E-state index contributed by atoms with van der Waals surface area (Å²) in [6.07, 6.45) is 1.49. The third-order valence-electron chi connectivity index (χ3n) is 2.44. The van der Waals surface area contributed by atoms with E-state index in [1.54, 1.807) is 7.11 Å². The van der Waals surface area contributed by atoms with Gasteiger partial charge in [0.1, 0.15) is 6.33 Å². The van der Waals surface area contributed by atoms with Crippen LogP contribution in [0, 0.1) is 0 Å². The van der Waals surface area contributed by atoms with Crippen molar-refractivity contribution in [3.63, 3.8) is 0 Å². The first kappa shape index (κ1) is 11.3. The Bertz CT molecular complexity index is 356. The van der Waals surface area contributed by atoms with Crippen LogP contribution in [0.3, 0.4) is 0 Å². The molecule has 0 aliphatic carbocycles. The van der Waals surface area contributed by atoms with E-state index < -0.39 is 0 Å². The number of nitrogens with two attached hydrogens (primary N) is 1. The van der Waals surface area contributed by atoms with Crippen molar-refractivity contribution in [3.8, 4) is 5.75 Å². The fraction of sp³-hybridized carbons (Fsp3) is 0.556. The Balaban J connectivity index is 2.30. The van der Waals surface area contributed by atoms with Gasteiger partial charge in [-0.15, -0.1) is 0 Å². The third-order valence-corrected chi connectivity index (χ3v) is 3.38. The molecule has 2 rings (SSSR count). The number of hydrogen-bond acceptors (Lipinski definition) is 7. The summed E-state index contributed by atoms with van der Waals surface area (Å²) < 4.78 is 5.30. The number of thioether (sulfide) groups is 1. The molecule has 2 heterocycles. The van der Waals surface area contributed by atoms with Gasteiger partial charge in [-0.05, 0) is 0 Å². The lowest BCUT2D eigenvalue weighted by molar-refractivity contribution is 0.412. The molecule has 1 aliphatic rings. The van der Waals surface area contributed by atoms with Crippen molar-refractivity contribution >= 4 is 23.4 Å². The fourth-order valence-corrected chi connectivity index (χ4v) is 2.56. The van der Waals surface area contributed by atoms with Crippen molar-refractivity contribution in [2.75, 3.05) is 42.0 Å². The topological polar surface area (TPSA) is 76.3 Å². The average molecular weight is 241 g/mol. The number of hydrazine groups is 1. The van der Waals surface area contributed by atoms with Crippen LogP contribution in [0.1, 0.15) is 0 Å². The van der Waals surface area contributed by atoms with Gasteiger partial charge in [-0.2, -0.15) is 11.8 Å². The van der Waals surface area contributed by atoms with Crippen molar-refractivity contribution in [2.24, 2.45) is 5.84 Å². The molecule has 0 unspecified atom stereocenters. The first-order valence-electron chi connectivity index (χ1n) is 5.05. The number of nitrogen functional groups attached to an aromatic ring is 1. The maximum atomic E-state index is 5.38. The van der Waals surface area contributed by atoms with E-state index in [2.05, 4.69) is 20.3 Å². The van der Waals surface area contributed by atoms with Crippen LogP contribution in [-0.2, 0) is 0 Å². The largest absolute Gasteiger partial charge is 0.490 e. The normalized spacial score (nSPS) is 16.0. The highest BCUT2D eigenvalue weighted by molar-refractivity contribution is 7.99. The molecule has 0 atom stereocenters. The Morgan fingerprint density at radius 1 is 1.44 bits per heavy atom. The molecule has 16 heavy (non-hydrogen) atoms. The predicted octanol–water partition coefficient (Wildman–Crippen LogP) is 0.324. The summed E-state index contributed by atoms with van der Waals surface area (Å²) in [4.78, 5) is 10.5. The zero-order chi connectivity index (χ0) is 11.4. The summed E-state index contributed by atoms with van der Waals surface area (Å²) in [6, 6.07) is 0. The molecule has 0 bridgehead atoms. The van der Waals surface area contributed by atoms with Crippen LogP contribution in [0.5, 0.6) is 5.75 Å². The number of nitrogens with zero attached hydrogens (tertiary/aromatic N) is 3. The van der Waals surface area contributed by atoms with Crippen molar-refractivity contribution in [1.29, 1.82) is 0 Å². The highest BCUT2D eigenvalue weighted by atomic mass is 32.2. The Kier molecular flexibility index (Phi) is 3.68. The zero-order valence-corrected chi connectivity index (χ0v) is 9.96. The zero-order valence-electron chi connectivity index (χ0n) is 9.14. The Hall–Kier alpha value is -1.21. The summed E-state index contributed by atoms with van der Waals surface area (Å²) in [5, 5.41) is 0. The first-order chi connectivity index (χ1) is 7.86. The molecular weight excluding hydrogens is 226 g/mol. The monoisotopic (exact) mass is 241 g/mol. The van der Waals surface area contributed by atoms with Gasteiger partial charge in [0.2, 0.25) is 5.75 Å². The molecule has 0 amide bonds. The molecule has 0 saturated carbocycles. The second kappa shape index (κ2) is 5.22. The van der Waals surface area contributed by atoms with Gasteiger partial charge in [0.05, 0.1) is 7.11 Å². The van der Waals surface area contributed by atoms with Gasteiger partial charge < -0.3 is 15.1 Å². The Morgan fingerprint density at radius 2 is 2.19 bits per heavy atom. The van der Waals surface area contributed by atoms with E-state index in [1.165, 1.54) is 6.33 Å². The van der Waals surface area contributed by atoms with E-state index >= 15 is 0 Å². The molecule has 1 fully saturated rings. The quantitative estimate of drug-likeness (QED) is 0.583. The summed E-state index contributed by atoms with van der Waals surface area (Å²) in [6.45, 7) is 1.95. The van der Waals surface area contributed by atoms with Gasteiger partial charge in [0, 0.05) is 24.6 Å². The Labute approximate surface area is 98.5 Å². The second-order valence-corrected chi connectivity index (χ2v) is 4.55. The molecule has 1 aliphatic heterocycles. The molecule has 3 N–H and O–H groups in total. The van der Waals surface area contributed by atoms with Gasteiger partial charge in [0.15, 0.2) is 11.6 Å². The molecule has 1 aromatic rings. The van der Waals surface area contributed by atoms with Crippen LogP contribution in [-0.4, -0.2) is 41.7 Å². The number of nitrogens with one attached hydrogen (secondary N) is 1.